The zero-order valence-corrected chi connectivity index (χ0v) is 10.0. The fourth-order valence-corrected chi connectivity index (χ4v) is 1.09. The SMILES string of the molecule is COCCONCCCCC(C)(C)C#N. The van der Waals surface area contributed by atoms with E-state index in [1.54, 1.807) is 7.11 Å². The first-order valence-corrected chi connectivity index (χ1v) is 5.37. The third kappa shape index (κ3) is 9.67. The van der Waals surface area contributed by atoms with Gasteiger partial charge in [0.25, 0.3) is 0 Å². The molecule has 0 aliphatic rings. The first kappa shape index (κ1) is 14.4. The van der Waals surface area contributed by atoms with Crippen LogP contribution in [-0.2, 0) is 9.57 Å². The van der Waals surface area contributed by atoms with E-state index in [-0.39, 0.29) is 5.41 Å². The van der Waals surface area contributed by atoms with Gasteiger partial charge in [-0.25, -0.2) is 5.48 Å². The second kappa shape index (κ2) is 8.66. The summed E-state index contributed by atoms with van der Waals surface area (Å²) in [7, 11) is 1.65. The van der Waals surface area contributed by atoms with Crippen LogP contribution in [0.25, 0.3) is 0 Å². The number of ether oxygens (including phenoxy) is 1. The van der Waals surface area contributed by atoms with E-state index in [0.29, 0.717) is 13.2 Å². The lowest BCUT2D eigenvalue weighted by Gasteiger charge is -2.14. The maximum atomic E-state index is 8.79. The Kier molecular flexibility index (Phi) is 8.30. The summed E-state index contributed by atoms with van der Waals surface area (Å²) in [6.45, 7) is 5.94. The van der Waals surface area contributed by atoms with Gasteiger partial charge in [0.15, 0.2) is 0 Å². The Labute approximate surface area is 92.5 Å². The van der Waals surface area contributed by atoms with E-state index in [9.17, 15) is 0 Å². The highest BCUT2D eigenvalue weighted by Gasteiger charge is 2.14. The van der Waals surface area contributed by atoms with Crippen molar-refractivity contribution in [3.8, 4) is 6.07 Å². The van der Waals surface area contributed by atoms with Gasteiger partial charge in [-0.15, -0.1) is 0 Å². The molecule has 0 aromatic heterocycles. The van der Waals surface area contributed by atoms with Gasteiger partial charge in [-0.05, 0) is 26.7 Å². The Morgan fingerprint density at radius 1 is 1.27 bits per heavy atom. The molecule has 0 amide bonds. The minimum absolute atomic E-state index is 0.198. The van der Waals surface area contributed by atoms with E-state index in [1.807, 2.05) is 13.8 Å². The summed E-state index contributed by atoms with van der Waals surface area (Å²) in [6.07, 6.45) is 3.00. The van der Waals surface area contributed by atoms with Crippen molar-refractivity contribution in [2.45, 2.75) is 33.1 Å². The van der Waals surface area contributed by atoms with Crippen LogP contribution in [0.5, 0.6) is 0 Å². The zero-order valence-electron chi connectivity index (χ0n) is 10.0. The molecule has 0 aliphatic carbocycles. The van der Waals surface area contributed by atoms with Crippen LogP contribution in [0.3, 0.4) is 0 Å². The van der Waals surface area contributed by atoms with E-state index in [2.05, 4.69) is 11.5 Å². The first-order chi connectivity index (χ1) is 7.12. The quantitative estimate of drug-likeness (QED) is 0.470. The summed E-state index contributed by atoms with van der Waals surface area (Å²) >= 11 is 0. The van der Waals surface area contributed by atoms with Gasteiger partial charge in [-0.2, -0.15) is 5.26 Å². The molecule has 0 aliphatic heterocycles. The molecule has 0 rings (SSSR count). The van der Waals surface area contributed by atoms with Crippen molar-refractivity contribution in [3.05, 3.63) is 0 Å². The molecule has 4 heteroatoms. The maximum absolute atomic E-state index is 8.79. The van der Waals surface area contributed by atoms with Crippen LogP contribution in [0.2, 0.25) is 0 Å². The van der Waals surface area contributed by atoms with Crippen molar-refractivity contribution < 1.29 is 9.57 Å². The lowest BCUT2D eigenvalue weighted by atomic mass is 9.89. The highest BCUT2D eigenvalue weighted by molar-refractivity contribution is 4.91. The summed E-state index contributed by atoms with van der Waals surface area (Å²) in [6, 6.07) is 2.29. The van der Waals surface area contributed by atoms with Crippen molar-refractivity contribution in [2.24, 2.45) is 5.41 Å². The van der Waals surface area contributed by atoms with Gasteiger partial charge in [0, 0.05) is 13.7 Å². The van der Waals surface area contributed by atoms with Crippen LogP contribution >= 0.6 is 0 Å². The fourth-order valence-electron chi connectivity index (χ4n) is 1.09. The molecule has 0 bridgehead atoms. The highest BCUT2D eigenvalue weighted by Crippen LogP contribution is 2.21. The molecule has 0 spiro atoms. The lowest BCUT2D eigenvalue weighted by molar-refractivity contribution is 0.00630. The number of methoxy groups -OCH3 is 1. The molecule has 4 nitrogen and oxygen atoms in total. The molecule has 0 saturated carbocycles. The Balaban J connectivity index is 3.16. The number of nitriles is 1. The smallest absolute Gasteiger partial charge is 0.0915 e. The van der Waals surface area contributed by atoms with Crippen LogP contribution in [0.15, 0.2) is 0 Å². The van der Waals surface area contributed by atoms with Gasteiger partial charge in [0.2, 0.25) is 0 Å². The average molecular weight is 214 g/mol. The lowest BCUT2D eigenvalue weighted by Crippen LogP contribution is -2.19. The Hall–Kier alpha value is -0.630. The predicted molar refractivity (Wildman–Crippen MR) is 59.1 cm³/mol. The molecular weight excluding hydrogens is 192 g/mol. The topological polar surface area (TPSA) is 54.3 Å². The second-order valence-corrected chi connectivity index (χ2v) is 4.19. The van der Waals surface area contributed by atoms with Gasteiger partial charge in [0.1, 0.15) is 0 Å². The van der Waals surface area contributed by atoms with Crippen LogP contribution in [-0.4, -0.2) is 26.9 Å². The number of hydrogen-bond donors (Lipinski definition) is 1. The molecule has 0 unspecified atom stereocenters. The number of unbranched alkanes of at least 4 members (excludes halogenated alkanes) is 1. The molecule has 0 heterocycles. The monoisotopic (exact) mass is 214 g/mol. The molecule has 1 N–H and O–H groups in total. The standard InChI is InChI=1S/C11H22N2O2/c1-11(2,10-12)6-4-5-7-13-15-9-8-14-3/h13H,4-9H2,1-3H3. The van der Waals surface area contributed by atoms with Gasteiger partial charge in [-0.3, -0.25) is 4.84 Å². The summed E-state index contributed by atoms with van der Waals surface area (Å²) in [4.78, 5) is 5.09. The van der Waals surface area contributed by atoms with E-state index in [0.717, 1.165) is 25.8 Å². The molecule has 0 radical (unpaired) electrons. The Morgan fingerprint density at radius 3 is 2.60 bits per heavy atom. The normalized spacial score (nSPS) is 11.3. The van der Waals surface area contributed by atoms with E-state index in [4.69, 9.17) is 14.8 Å². The van der Waals surface area contributed by atoms with Crippen LogP contribution in [0.4, 0.5) is 0 Å². The molecule has 0 aromatic carbocycles. The summed E-state index contributed by atoms with van der Waals surface area (Å²) < 4.78 is 4.83. The van der Waals surface area contributed by atoms with Crippen molar-refractivity contribution in [1.82, 2.24) is 5.48 Å². The van der Waals surface area contributed by atoms with Crippen molar-refractivity contribution >= 4 is 0 Å². The first-order valence-electron chi connectivity index (χ1n) is 5.37. The molecule has 0 saturated heterocycles. The van der Waals surface area contributed by atoms with Crippen molar-refractivity contribution in [3.63, 3.8) is 0 Å². The number of rotatable bonds is 9. The van der Waals surface area contributed by atoms with Gasteiger partial charge in [-0.1, -0.05) is 6.42 Å². The number of hydroxylamine groups is 1. The Morgan fingerprint density at radius 2 is 2.00 bits per heavy atom. The fraction of sp³-hybridized carbons (Fsp3) is 0.909. The summed E-state index contributed by atoms with van der Waals surface area (Å²) in [5, 5.41) is 8.79. The number of hydrogen-bond acceptors (Lipinski definition) is 4. The van der Waals surface area contributed by atoms with E-state index < -0.39 is 0 Å². The molecular formula is C11H22N2O2. The maximum Gasteiger partial charge on any atom is 0.0915 e. The molecule has 0 fully saturated rings. The third-order valence-corrected chi connectivity index (χ3v) is 2.12. The molecule has 88 valence electrons. The minimum atomic E-state index is -0.198. The van der Waals surface area contributed by atoms with Gasteiger partial charge >= 0.3 is 0 Å². The van der Waals surface area contributed by atoms with E-state index in [1.165, 1.54) is 0 Å². The molecule has 0 atom stereocenters. The molecule has 15 heavy (non-hydrogen) atoms. The average Bonchev–Trinajstić information content (AvgIpc) is 2.22. The number of nitrogens with zero attached hydrogens (tertiary/aromatic N) is 1. The second-order valence-electron chi connectivity index (χ2n) is 4.19. The van der Waals surface area contributed by atoms with Crippen LogP contribution in [0.1, 0.15) is 33.1 Å². The summed E-state index contributed by atoms with van der Waals surface area (Å²) in [5.74, 6) is 0. The summed E-state index contributed by atoms with van der Waals surface area (Å²) in [5.41, 5.74) is 2.66. The van der Waals surface area contributed by atoms with E-state index >= 15 is 0 Å². The largest absolute Gasteiger partial charge is 0.382 e. The highest BCUT2D eigenvalue weighted by atomic mass is 16.7. The van der Waals surface area contributed by atoms with Crippen LogP contribution < -0.4 is 5.48 Å². The minimum Gasteiger partial charge on any atom is -0.382 e. The van der Waals surface area contributed by atoms with Crippen LogP contribution in [0, 0.1) is 16.7 Å². The van der Waals surface area contributed by atoms with Gasteiger partial charge < -0.3 is 4.74 Å². The Bertz CT molecular complexity index is 188. The molecule has 0 aromatic rings. The van der Waals surface area contributed by atoms with Crippen molar-refractivity contribution in [1.29, 1.82) is 5.26 Å². The third-order valence-electron chi connectivity index (χ3n) is 2.12. The predicted octanol–water partition coefficient (Wildman–Crippen LogP) is 1.87. The zero-order chi connectivity index (χ0) is 11.6. The number of nitrogens with one attached hydrogen (secondary N) is 1. The van der Waals surface area contributed by atoms with Crippen molar-refractivity contribution in [2.75, 3.05) is 26.9 Å². The van der Waals surface area contributed by atoms with Gasteiger partial charge in [0.05, 0.1) is 24.7 Å².